The number of halogens is 1. The summed E-state index contributed by atoms with van der Waals surface area (Å²) in [7, 11) is 0. The second kappa shape index (κ2) is 6.93. The Morgan fingerprint density at radius 1 is 1.40 bits per heavy atom. The molecule has 2 rings (SSSR count). The number of rotatable bonds is 5. The van der Waals surface area contributed by atoms with Crippen LogP contribution in [0.5, 0.6) is 0 Å². The monoisotopic (exact) mass is 295 g/mol. The molecule has 0 aromatic heterocycles. The van der Waals surface area contributed by atoms with E-state index in [1.54, 1.807) is 0 Å². The van der Waals surface area contributed by atoms with Crippen molar-refractivity contribution < 1.29 is 5.11 Å². The summed E-state index contributed by atoms with van der Waals surface area (Å²) >= 11 is 5.94. The smallest absolute Gasteiger partial charge is 0.0774 e. The maximum Gasteiger partial charge on any atom is 0.0774 e. The highest BCUT2D eigenvalue weighted by molar-refractivity contribution is 6.30. The summed E-state index contributed by atoms with van der Waals surface area (Å²) in [4.78, 5) is 0. The second-order valence-corrected chi connectivity index (χ2v) is 6.76. The third kappa shape index (κ3) is 4.21. The zero-order chi connectivity index (χ0) is 14.6. The first-order chi connectivity index (χ1) is 9.52. The van der Waals surface area contributed by atoms with Gasteiger partial charge >= 0.3 is 0 Å². The lowest BCUT2D eigenvalue weighted by Crippen LogP contribution is -2.45. The van der Waals surface area contributed by atoms with Crippen molar-refractivity contribution in [3.8, 4) is 0 Å². The Balaban J connectivity index is 1.95. The van der Waals surface area contributed by atoms with E-state index in [1.165, 1.54) is 12.0 Å². The lowest BCUT2D eigenvalue weighted by Gasteiger charge is -2.37. The zero-order valence-corrected chi connectivity index (χ0v) is 13.3. The molecule has 1 aliphatic rings. The van der Waals surface area contributed by atoms with Crippen LogP contribution in [0.3, 0.4) is 0 Å². The molecule has 3 unspecified atom stereocenters. The third-order valence-corrected chi connectivity index (χ3v) is 4.68. The largest absolute Gasteiger partial charge is 0.389 e. The van der Waals surface area contributed by atoms with Crippen molar-refractivity contribution in [3.05, 3.63) is 34.9 Å². The first kappa shape index (κ1) is 15.8. The molecule has 20 heavy (non-hydrogen) atoms. The van der Waals surface area contributed by atoms with E-state index in [0.29, 0.717) is 12.5 Å². The molecular formula is C17H26ClNO. The Hall–Kier alpha value is -0.570. The van der Waals surface area contributed by atoms with Crippen LogP contribution in [0.1, 0.15) is 57.6 Å². The minimum Gasteiger partial charge on any atom is -0.389 e. The first-order valence-electron chi connectivity index (χ1n) is 7.73. The fourth-order valence-corrected chi connectivity index (χ4v) is 3.43. The molecule has 0 aliphatic heterocycles. The fourth-order valence-electron chi connectivity index (χ4n) is 3.30. The van der Waals surface area contributed by atoms with Gasteiger partial charge in [-0.25, -0.2) is 0 Å². The van der Waals surface area contributed by atoms with Gasteiger partial charge in [0, 0.05) is 17.6 Å². The number of hydrogen-bond acceptors (Lipinski definition) is 2. The average Bonchev–Trinajstić information content (AvgIpc) is 2.41. The molecule has 112 valence electrons. The molecule has 0 radical (unpaired) electrons. The minimum atomic E-state index is -0.530. The molecule has 3 atom stereocenters. The minimum absolute atomic E-state index is 0.286. The Kier molecular flexibility index (Phi) is 5.48. The zero-order valence-electron chi connectivity index (χ0n) is 12.5. The third-order valence-electron chi connectivity index (χ3n) is 4.43. The lowest BCUT2D eigenvalue weighted by atomic mass is 9.79. The van der Waals surface area contributed by atoms with E-state index >= 15 is 0 Å². The van der Waals surface area contributed by atoms with E-state index < -0.39 is 5.60 Å². The van der Waals surface area contributed by atoms with Crippen molar-refractivity contribution in [1.82, 2.24) is 5.32 Å². The molecule has 0 heterocycles. The fraction of sp³-hybridized carbons (Fsp3) is 0.647. The van der Waals surface area contributed by atoms with Gasteiger partial charge in [0.2, 0.25) is 0 Å². The van der Waals surface area contributed by atoms with Crippen LogP contribution in [0.25, 0.3) is 0 Å². The summed E-state index contributed by atoms with van der Waals surface area (Å²) < 4.78 is 0. The Bertz CT molecular complexity index is 420. The van der Waals surface area contributed by atoms with Crippen LogP contribution < -0.4 is 5.32 Å². The van der Waals surface area contributed by atoms with Crippen molar-refractivity contribution in [3.63, 3.8) is 0 Å². The summed E-state index contributed by atoms with van der Waals surface area (Å²) in [5.41, 5.74) is 0.710. The summed E-state index contributed by atoms with van der Waals surface area (Å²) in [6.45, 7) is 5.08. The number of hydrogen-bond donors (Lipinski definition) is 2. The van der Waals surface area contributed by atoms with Gasteiger partial charge in [0.1, 0.15) is 0 Å². The molecule has 0 spiro atoms. The standard InChI is InChI=1S/C17H26ClNO/c1-3-16(14-6-8-15(18)9-7-14)19-12-17(20)10-4-5-13(2)11-17/h6-9,13,16,19-20H,3-5,10-12H2,1-2H3. The van der Waals surface area contributed by atoms with Gasteiger partial charge in [0.15, 0.2) is 0 Å². The van der Waals surface area contributed by atoms with E-state index in [9.17, 15) is 5.11 Å². The normalized spacial score (nSPS) is 28.3. The van der Waals surface area contributed by atoms with Gasteiger partial charge in [-0.2, -0.15) is 0 Å². The number of aliphatic hydroxyl groups is 1. The molecule has 2 nitrogen and oxygen atoms in total. The predicted octanol–water partition coefficient (Wildman–Crippen LogP) is 4.32. The van der Waals surface area contributed by atoms with Crippen molar-refractivity contribution >= 4 is 11.6 Å². The first-order valence-corrected chi connectivity index (χ1v) is 8.11. The van der Waals surface area contributed by atoms with E-state index in [1.807, 2.05) is 12.1 Å². The van der Waals surface area contributed by atoms with Crippen LogP contribution in [-0.4, -0.2) is 17.3 Å². The van der Waals surface area contributed by atoms with Gasteiger partial charge in [-0.1, -0.05) is 50.4 Å². The van der Waals surface area contributed by atoms with Gasteiger partial charge in [-0.05, 0) is 42.9 Å². The van der Waals surface area contributed by atoms with Gasteiger partial charge in [-0.3, -0.25) is 0 Å². The highest BCUT2D eigenvalue weighted by atomic mass is 35.5. The molecule has 3 heteroatoms. The Morgan fingerprint density at radius 2 is 2.10 bits per heavy atom. The molecule has 2 N–H and O–H groups in total. The van der Waals surface area contributed by atoms with Crippen molar-refractivity contribution in [2.24, 2.45) is 5.92 Å². The van der Waals surface area contributed by atoms with E-state index in [2.05, 4.69) is 31.3 Å². The summed E-state index contributed by atoms with van der Waals surface area (Å²) in [5, 5.41) is 15.0. The molecule has 0 bridgehead atoms. The van der Waals surface area contributed by atoms with Crippen LogP contribution in [0.15, 0.2) is 24.3 Å². The maximum absolute atomic E-state index is 10.7. The van der Waals surface area contributed by atoms with E-state index in [0.717, 1.165) is 30.7 Å². The van der Waals surface area contributed by atoms with Crippen LogP contribution in [0, 0.1) is 5.92 Å². The molecule has 1 fully saturated rings. The van der Waals surface area contributed by atoms with Crippen LogP contribution in [0.2, 0.25) is 5.02 Å². The molecule has 0 saturated heterocycles. The SMILES string of the molecule is CCC(NCC1(O)CCCC(C)C1)c1ccc(Cl)cc1. The van der Waals surface area contributed by atoms with Gasteiger partial charge in [0.05, 0.1) is 5.60 Å². The van der Waals surface area contributed by atoms with Gasteiger partial charge < -0.3 is 10.4 Å². The molecule has 1 saturated carbocycles. The predicted molar refractivity (Wildman–Crippen MR) is 85.1 cm³/mol. The highest BCUT2D eigenvalue weighted by Gasteiger charge is 2.32. The van der Waals surface area contributed by atoms with Crippen LogP contribution >= 0.6 is 11.6 Å². The second-order valence-electron chi connectivity index (χ2n) is 6.32. The topological polar surface area (TPSA) is 32.3 Å². The summed E-state index contributed by atoms with van der Waals surface area (Å²) in [6, 6.07) is 8.28. The molecule has 0 amide bonds. The number of nitrogens with one attached hydrogen (secondary N) is 1. The number of benzene rings is 1. The van der Waals surface area contributed by atoms with Gasteiger partial charge in [0.25, 0.3) is 0 Å². The Labute approximate surface area is 127 Å². The average molecular weight is 296 g/mol. The van der Waals surface area contributed by atoms with Crippen molar-refractivity contribution in [1.29, 1.82) is 0 Å². The Morgan fingerprint density at radius 3 is 2.70 bits per heavy atom. The lowest BCUT2D eigenvalue weighted by molar-refractivity contribution is -0.0138. The molecule has 1 aromatic carbocycles. The summed E-state index contributed by atoms with van der Waals surface area (Å²) in [6.07, 6.45) is 5.22. The van der Waals surface area contributed by atoms with E-state index in [4.69, 9.17) is 11.6 Å². The van der Waals surface area contributed by atoms with Crippen molar-refractivity contribution in [2.75, 3.05) is 6.54 Å². The quantitative estimate of drug-likeness (QED) is 0.848. The highest BCUT2D eigenvalue weighted by Crippen LogP contribution is 2.32. The van der Waals surface area contributed by atoms with Crippen LogP contribution in [-0.2, 0) is 0 Å². The molecule has 1 aromatic rings. The molecular weight excluding hydrogens is 270 g/mol. The van der Waals surface area contributed by atoms with Crippen molar-refractivity contribution in [2.45, 2.75) is 57.6 Å². The maximum atomic E-state index is 10.7. The molecule has 1 aliphatic carbocycles. The summed E-state index contributed by atoms with van der Waals surface area (Å²) in [5.74, 6) is 0.631. The van der Waals surface area contributed by atoms with Gasteiger partial charge in [-0.15, -0.1) is 0 Å². The van der Waals surface area contributed by atoms with Crippen LogP contribution in [0.4, 0.5) is 0 Å². The van der Waals surface area contributed by atoms with E-state index in [-0.39, 0.29) is 6.04 Å².